The lowest BCUT2D eigenvalue weighted by atomic mass is 9.98. The zero-order valence-electron chi connectivity index (χ0n) is 26.6. The fraction of sp³-hybridized carbons (Fsp3) is 0.314. The Hall–Kier alpha value is -5.36. The molecule has 0 bridgehead atoms. The second-order valence-electron chi connectivity index (χ2n) is 11.0. The number of nitrogens with one attached hydrogen (secondary N) is 3. The number of unbranched alkanes of at least 4 members (excludes halogenated alkanes) is 1. The number of hydrogen-bond acceptors (Lipinski definition) is 7. The van der Waals surface area contributed by atoms with Crippen LogP contribution in [0.4, 0.5) is 11.4 Å². The molecule has 5 N–H and O–H groups in total. The molecule has 3 aromatic carbocycles. The number of carbonyl (C=O) groups excluding carboxylic acids is 4. The number of aliphatic carboxylic acids is 1. The van der Waals surface area contributed by atoms with E-state index in [2.05, 4.69) is 16.0 Å². The average Bonchev–Trinajstić information content (AvgIpc) is 3.04. The summed E-state index contributed by atoms with van der Waals surface area (Å²) in [5, 5.41) is 27.7. The quantitative estimate of drug-likeness (QED) is 0.121. The van der Waals surface area contributed by atoms with Crippen molar-refractivity contribution in [1.29, 1.82) is 0 Å². The number of hydrogen-bond donors (Lipinski definition) is 5. The maximum Gasteiger partial charge on any atom is 0.395 e. The first-order valence-corrected chi connectivity index (χ1v) is 15.3. The summed E-state index contributed by atoms with van der Waals surface area (Å²) in [4.78, 5) is 74.5. The van der Waals surface area contributed by atoms with E-state index in [1.165, 1.54) is 37.3 Å². The smallest absolute Gasteiger partial charge is 0.395 e. The van der Waals surface area contributed by atoms with Gasteiger partial charge in [-0.05, 0) is 74.0 Å². The first-order chi connectivity index (χ1) is 22.4. The molecule has 0 aliphatic carbocycles. The Balaban J connectivity index is 1.74. The van der Waals surface area contributed by atoms with E-state index in [0.29, 0.717) is 43.4 Å². The topological polar surface area (TPSA) is 182 Å². The van der Waals surface area contributed by atoms with Gasteiger partial charge in [-0.3, -0.25) is 29.4 Å². The van der Waals surface area contributed by atoms with Gasteiger partial charge in [0, 0.05) is 13.3 Å². The average molecular weight is 645 g/mol. The number of imide groups is 1. The van der Waals surface area contributed by atoms with Crippen LogP contribution in [0.5, 0.6) is 0 Å². The minimum atomic E-state index is -1.76. The van der Waals surface area contributed by atoms with Crippen molar-refractivity contribution in [2.24, 2.45) is 0 Å². The van der Waals surface area contributed by atoms with Crippen LogP contribution in [0.25, 0.3) is 0 Å². The van der Waals surface area contributed by atoms with E-state index in [-0.39, 0.29) is 35.3 Å². The molecule has 0 heterocycles. The molecule has 3 aromatic rings. The number of para-hydroxylation sites is 1. The summed E-state index contributed by atoms with van der Waals surface area (Å²) in [6.45, 7) is 5.34. The predicted octanol–water partition coefficient (Wildman–Crippen LogP) is 3.91. The van der Waals surface area contributed by atoms with Gasteiger partial charge in [0.05, 0.1) is 29.0 Å². The van der Waals surface area contributed by atoms with Crippen molar-refractivity contribution in [2.75, 3.05) is 11.4 Å². The van der Waals surface area contributed by atoms with Crippen molar-refractivity contribution in [2.45, 2.75) is 65.0 Å². The van der Waals surface area contributed by atoms with Crippen LogP contribution < -0.4 is 20.9 Å². The first-order valence-electron chi connectivity index (χ1n) is 15.3. The molecule has 4 amide bonds. The molecule has 1 unspecified atom stereocenters. The van der Waals surface area contributed by atoms with Crippen LogP contribution in [0.2, 0.25) is 0 Å². The summed E-state index contributed by atoms with van der Waals surface area (Å²) in [6, 6.07) is 19.2. The van der Waals surface area contributed by atoms with Crippen LogP contribution in [0, 0.1) is 0 Å². The first kappa shape index (κ1) is 36.1. The molecule has 3 rings (SSSR count). The molecule has 47 heavy (non-hydrogen) atoms. The number of rotatable bonds is 15. The molecule has 248 valence electrons. The molecule has 0 spiro atoms. The van der Waals surface area contributed by atoms with Crippen LogP contribution in [0.15, 0.2) is 72.8 Å². The molecule has 0 aliphatic heterocycles. The third-order valence-electron chi connectivity index (χ3n) is 7.48. The third-order valence-corrected chi connectivity index (χ3v) is 7.48. The Kier molecular flexibility index (Phi) is 13.3. The maximum absolute atomic E-state index is 12.9. The number of aromatic carboxylic acids is 1. The molecule has 12 nitrogen and oxygen atoms in total. The lowest BCUT2D eigenvalue weighted by Gasteiger charge is -2.26. The van der Waals surface area contributed by atoms with E-state index >= 15 is 0 Å². The summed E-state index contributed by atoms with van der Waals surface area (Å²) >= 11 is 0. The molecule has 0 saturated heterocycles. The number of anilines is 2. The number of carboxylic acids is 2. The second kappa shape index (κ2) is 17.4. The Labute approximate surface area is 273 Å². The largest absolute Gasteiger partial charge is 0.478 e. The Morgan fingerprint density at radius 1 is 0.851 bits per heavy atom. The summed E-state index contributed by atoms with van der Waals surface area (Å²) in [5.41, 5.74) is 2.05. The van der Waals surface area contributed by atoms with Crippen molar-refractivity contribution >= 4 is 46.9 Å². The van der Waals surface area contributed by atoms with E-state index in [0.717, 1.165) is 10.5 Å². The van der Waals surface area contributed by atoms with Gasteiger partial charge < -0.3 is 20.8 Å². The van der Waals surface area contributed by atoms with Gasteiger partial charge >= 0.3 is 17.8 Å². The molecule has 0 aliphatic rings. The van der Waals surface area contributed by atoms with Crippen LogP contribution in [-0.4, -0.2) is 58.4 Å². The Bertz CT molecular complexity index is 1610. The lowest BCUT2D eigenvalue weighted by Crippen LogP contribution is -2.47. The highest BCUT2D eigenvalue weighted by molar-refractivity contribution is 6.39. The lowest BCUT2D eigenvalue weighted by molar-refractivity contribution is -0.148. The van der Waals surface area contributed by atoms with Gasteiger partial charge in [0.15, 0.2) is 0 Å². The normalized spacial score (nSPS) is 12.0. The number of aryl methyl sites for hydroxylation is 1. The van der Waals surface area contributed by atoms with Gasteiger partial charge in [-0.1, -0.05) is 61.5 Å². The van der Waals surface area contributed by atoms with Crippen LogP contribution in [0.1, 0.15) is 73.1 Å². The van der Waals surface area contributed by atoms with Crippen LogP contribution in [0.3, 0.4) is 0 Å². The molecule has 0 fully saturated rings. The van der Waals surface area contributed by atoms with E-state index in [1.54, 1.807) is 19.1 Å². The molecule has 2 atom stereocenters. The van der Waals surface area contributed by atoms with E-state index in [4.69, 9.17) is 0 Å². The van der Waals surface area contributed by atoms with Crippen LogP contribution >= 0.6 is 0 Å². The highest BCUT2D eigenvalue weighted by Gasteiger charge is 2.30. The zero-order valence-corrected chi connectivity index (χ0v) is 26.6. The molecule has 12 heteroatoms. The Morgan fingerprint density at radius 3 is 2.17 bits per heavy atom. The molecule has 0 aromatic heterocycles. The fourth-order valence-corrected chi connectivity index (χ4v) is 5.14. The molecule has 0 saturated carbocycles. The van der Waals surface area contributed by atoms with Crippen molar-refractivity contribution in [3.63, 3.8) is 0 Å². The molecular weight excluding hydrogens is 604 g/mol. The minimum absolute atomic E-state index is 0.0826. The van der Waals surface area contributed by atoms with Crippen molar-refractivity contribution < 1.29 is 39.0 Å². The van der Waals surface area contributed by atoms with Crippen molar-refractivity contribution in [1.82, 2.24) is 16.0 Å². The zero-order chi connectivity index (χ0) is 34.5. The van der Waals surface area contributed by atoms with Gasteiger partial charge in [0.2, 0.25) is 17.7 Å². The SMILES string of the molecule is CCc1cc(C[C@H](NCCCCC(=O)NC(C)c2ccccc2)C(=O)NC(C)=O)ccc1N(C(=O)C(=O)O)c1ccccc1C(=O)O. The van der Waals surface area contributed by atoms with Gasteiger partial charge in [-0.2, -0.15) is 0 Å². The highest BCUT2D eigenvalue weighted by Crippen LogP contribution is 2.33. The third kappa shape index (κ3) is 10.3. The number of carbonyl (C=O) groups is 6. The number of amides is 4. The summed E-state index contributed by atoms with van der Waals surface area (Å²) < 4.78 is 0. The maximum atomic E-state index is 12.9. The molecular formula is C35H40N4O8. The summed E-state index contributed by atoms with van der Waals surface area (Å²) in [7, 11) is 0. The summed E-state index contributed by atoms with van der Waals surface area (Å²) in [6.07, 6.45) is 1.97. The number of nitrogens with zero attached hydrogens (tertiary/aromatic N) is 1. The molecule has 0 radical (unpaired) electrons. The van der Waals surface area contributed by atoms with E-state index in [1.807, 2.05) is 37.3 Å². The summed E-state index contributed by atoms with van der Waals surface area (Å²) in [5.74, 6) is -5.55. The second-order valence-corrected chi connectivity index (χ2v) is 11.0. The monoisotopic (exact) mass is 644 g/mol. The predicted molar refractivity (Wildman–Crippen MR) is 175 cm³/mol. The Morgan fingerprint density at radius 2 is 1.53 bits per heavy atom. The van der Waals surface area contributed by atoms with Gasteiger partial charge in [0.1, 0.15) is 0 Å². The minimum Gasteiger partial charge on any atom is -0.478 e. The van der Waals surface area contributed by atoms with E-state index in [9.17, 15) is 39.0 Å². The van der Waals surface area contributed by atoms with Gasteiger partial charge in [-0.15, -0.1) is 0 Å². The van der Waals surface area contributed by atoms with Gasteiger partial charge in [0.25, 0.3) is 0 Å². The number of benzene rings is 3. The van der Waals surface area contributed by atoms with Crippen molar-refractivity contribution in [3.8, 4) is 0 Å². The van der Waals surface area contributed by atoms with Gasteiger partial charge in [-0.25, -0.2) is 9.59 Å². The standard InChI is InChI=1S/C35H40N4O8/c1-4-25-20-24(17-18-29(25)39(33(43)35(46)47)30-15-9-8-14-27(30)34(44)45)21-28(32(42)38-23(3)40)36-19-11-10-16-31(41)37-22(2)26-12-6-5-7-13-26/h5-9,12-15,17-18,20,22,28,36H,4,10-11,16,19,21H2,1-3H3,(H,37,41)(H,44,45)(H,46,47)(H,38,40,42)/t22?,28-/m0/s1. The van der Waals surface area contributed by atoms with E-state index < -0.39 is 35.7 Å². The van der Waals surface area contributed by atoms with Crippen molar-refractivity contribution in [3.05, 3.63) is 95.1 Å². The fourth-order valence-electron chi connectivity index (χ4n) is 5.14. The number of carboxylic acid groups (broad SMARTS) is 2. The van der Waals surface area contributed by atoms with Crippen LogP contribution in [-0.2, 0) is 36.8 Å². The highest BCUT2D eigenvalue weighted by atomic mass is 16.4.